The van der Waals surface area contributed by atoms with Gasteiger partial charge in [-0.2, -0.15) is 5.10 Å². The van der Waals surface area contributed by atoms with Crippen LogP contribution in [0.15, 0.2) is 18.5 Å². The molecule has 1 N–H and O–H groups in total. The lowest BCUT2D eigenvalue weighted by molar-refractivity contribution is 0.597. The number of aryl methyl sites for hydroxylation is 2. The van der Waals surface area contributed by atoms with Crippen LogP contribution in [0.4, 0.5) is 0 Å². The maximum Gasteiger partial charge on any atom is 0.0865 e. The predicted octanol–water partition coefficient (Wildman–Crippen LogP) is 2.43. The molecule has 0 aliphatic carbocycles. The highest BCUT2D eigenvalue weighted by Gasteiger charge is 2.12. The Morgan fingerprint density at radius 2 is 2.22 bits per heavy atom. The van der Waals surface area contributed by atoms with Gasteiger partial charge in [-0.05, 0) is 32.5 Å². The molecule has 2 heterocycles. The molecule has 0 atom stereocenters. The molecular formula is C13H19ClN4. The van der Waals surface area contributed by atoms with E-state index in [4.69, 9.17) is 11.6 Å². The second-order valence-corrected chi connectivity index (χ2v) is 4.76. The lowest BCUT2D eigenvalue weighted by atomic mass is 10.3. The third-order valence-corrected chi connectivity index (χ3v) is 3.47. The Morgan fingerprint density at radius 3 is 2.89 bits per heavy atom. The average molecular weight is 267 g/mol. The largest absolute Gasteiger partial charge is 0.348 e. The van der Waals surface area contributed by atoms with Gasteiger partial charge in [0.25, 0.3) is 0 Å². The molecule has 0 saturated heterocycles. The first-order chi connectivity index (χ1) is 8.65. The molecule has 0 aliphatic rings. The highest BCUT2D eigenvalue weighted by atomic mass is 35.5. The molecule has 2 rings (SSSR count). The van der Waals surface area contributed by atoms with Crippen molar-refractivity contribution in [3.05, 3.63) is 40.4 Å². The van der Waals surface area contributed by atoms with Crippen molar-refractivity contribution in [1.29, 1.82) is 0 Å². The molecule has 0 spiro atoms. The average Bonchev–Trinajstić information content (AvgIpc) is 2.90. The molecule has 0 aliphatic heterocycles. The van der Waals surface area contributed by atoms with E-state index in [1.165, 1.54) is 5.56 Å². The Bertz CT molecular complexity index is 527. The van der Waals surface area contributed by atoms with E-state index >= 15 is 0 Å². The molecule has 2 aromatic heterocycles. The van der Waals surface area contributed by atoms with E-state index in [1.54, 1.807) is 0 Å². The molecule has 0 bridgehead atoms. The number of nitrogens with one attached hydrogen (secondary N) is 1. The van der Waals surface area contributed by atoms with Gasteiger partial charge in [-0.25, -0.2) is 0 Å². The summed E-state index contributed by atoms with van der Waals surface area (Å²) in [6.07, 6.45) is 4.21. The van der Waals surface area contributed by atoms with Gasteiger partial charge in [-0.15, -0.1) is 0 Å². The van der Waals surface area contributed by atoms with Crippen molar-refractivity contribution in [2.24, 2.45) is 0 Å². The molecule has 18 heavy (non-hydrogen) atoms. The number of rotatable bonds is 5. The lowest BCUT2D eigenvalue weighted by Crippen LogP contribution is -2.07. The Labute approximate surface area is 113 Å². The SMILES string of the molecule is CCn1nc(C)c(Cl)c1Cn1ccc(CNC)c1. The second kappa shape index (κ2) is 5.59. The summed E-state index contributed by atoms with van der Waals surface area (Å²) in [5, 5.41) is 8.35. The first kappa shape index (κ1) is 13.2. The zero-order chi connectivity index (χ0) is 13.1. The fraction of sp³-hybridized carbons (Fsp3) is 0.462. The molecule has 0 amide bonds. The van der Waals surface area contributed by atoms with Gasteiger partial charge in [0.2, 0.25) is 0 Å². The summed E-state index contributed by atoms with van der Waals surface area (Å²) in [6, 6.07) is 2.11. The van der Waals surface area contributed by atoms with Gasteiger partial charge in [0.1, 0.15) is 0 Å². The summed E-state index contributed by atoms with van der Waals surface area (Å²) < 4.78 is 4.11. The van der Waals surface area contributed by atoms with Crippen LogP contribution < -0.4 is 5.32 Å². The second-order valence-electron chi connectivity index (χ2n) is 4.38. The van der Waals surface area contributed by atoms with Crippen LogP contribution >= 0.6 is 11.6 Å². The van der Waals surface area contributed by atoms with Crippen LogP contribution in [0, 0.1) is 6.92 Å². The van der Waals surface area contributed by atoms with Crippen LogP contribution in [-0.2, 0) is 19.6 Å². The van der Waals surface area contributed by atoms with Crippen molar-refractivity contribution in [3.8, 4) is 0 Å². The van der Waals surface area contributed by atoms with Gasteiger partial charge in [-0.1, -0.05) is 11.6 Å². The maximum atomic E-state index is 6.30. The molecule has 98 valence electrons. The molecular weight excluding hydrogens is 248 g/mol. The van der Waals surface area contributed by atoms with Crippen LogP contribution in [0.5, 0.6) is 0 Å². The van der Waals surface area contributed by atoms with Crippen molar-refractivity contribution in [2.45, 2.75) is 33.5 Å². The molecule has 0 aromatic carbocycles. The van der Waals surface area contributed by atoms with E-state index in [9.17, 15) is 0 Å². The van der Waals surface area contributed by atoms with E-state index in [0.29, 0.717) is 0 Å². The number of hydrogen-bond donors (Lipinski definition) is 1. The van der Waals surface area contributed by atoms with Crippen LogP contribution in [0.25, 0.3) is 0 Å². The zero-order valence-corrected chi connectivity index (χ0v) is 11.8. The van der Waals surface area contributed by atoms with Crippen molar-refractivity contribution in [1.82, 2.24) is 19.7 Å². The summed E-state index contributed by atoms with van der Waals surface area (Å²) >= 11 is 6.30. The standard InChI is InChI=1S/C13H19ClN4/c1-4-18-12(13(14)10(2)16-18)9-17-6-5-11(8-17)7-15-3/h5-6,8,15H,4,7,9H2,1-3H3. The normalized spacial score (nSPS) is 11.1. The molecule has 0 radical (unpaired) electrons. The van der Waals surface area contributed by atoms with E-state index in [0.717, 1.165) is 36.0 Å². The van der Waals surface area contributed by atoms with Crippen LogP contribution in [-0.4, -0.2) is 21.4 Å². The summed E-state index contributed by atoms with van der Waals surface area (Å²) in [5.74, 6) is 0. The number of aromatic nitrogens is 3. The molecule has 2 aromatic rings. The maximum absolute atomic E-state index is 6.30. The topological polar surface area (TPSA) is 34.8 Å². The van der Waals surface area contributed by atoms with Gasteiger partial charge in [-0.3, -0.25) is 4.68 Å². The van der Waals surface area contributed by atoms with E-state index in [1.807, 2.05) is 18.7 Å². The zero-order valence-electron chi connectivity index (χ0n) is 11.1. The van der Waals surface area contributed by atoms with Crippen LogP contribution in [0.1, 0.15) is 23.9 Å². The Hall–Kier alpha value is -1.26. The monoisotopic (exact) mass is 266 g/mol. The van der Waals surface area contributed by atoms with Gasteiger partial charge >= 0.3 is 0 Å². The van der Waals surface area contributed by atoms with Crippen LogP contribution in [0.3, 0.4) is 0 Å². The quantitative estimate of drug-likeness (QED) is 0.902. The van der Waals surface area contributed by atoms with Crippen molar-refractivity contribution in [3.63, 3.8) is 0 Å². The van der Waals surface area contributed by atoms with Gasteiger partial charge in [0.05, 0.1) is 23.0 Å². The highest BCUT2D eigenvalue weighted by Crippen LogP contribution is 2.21. The first-order valence-corrected chi connectivity index (χ1v) is 6.54. The molecule has 0 saturated carbocycles. The third-order valence-electron chi connectivity index (χ3n) is 2.98. The molecule has 0 unspecified atom stereocenters. The van der Waals surface area contributed by atoms with Crippen molar-refractivity contribution < 1.29 is 0 Å². The molecule has 5 heteroatoms. The highest BCUT2D eigenvalue weighted by molar-refractivity contribution is 6.31. The van der Waals surface area contributed by atoms with E-state index < -0.39 is 0 Å². The smallest absolute Gasteiger partial charge is 0.0865 e. The van der Waals surface area contributed by atoms with Crippen molar-refractivity contribution in [2.75, 3.05) is 7.05 Å². The fourth-order valence-electron chi connectivity index (χ4n) is 2.09. The Morgan fingerprint density at radius 1 is 1.44 bits per heavy atom. The van der Waals surface area contributed by atoms with Gasteiger partial charge in [0, 0.05) is 25.5 Å². The minimum absolute atomic E-state index is 0.761. The Kier molecular flexibility index (Phi) is 4.09. The summed E-state index contributed by atoms with van der Waals surface area (Å²) in [6.45, 7) is 6.51. The summed E-state index contributed by atoms with van der Waals surface area (Å²) in [5.41, 5.74) is 3.24. The summed E-state index contributed by atoms with van der Waals surface area (Å²) in [4.78, 5) is 0. The van der Waals surface area contributed by atoms with Crippen LogP contribution in [0.2, 0.25) is 5.02 Å². The van der Waals surface area contributed by atoms with Gasteiger partial charge < -0.3 is 9.88 Å². The van der Waals surface area contributed by atoms with E-state index in [2.05, 4.69) is 40.4 Å². The number of hydrogen-bond acceptors (Lipinski definition) is 2. The fourth-order valence-corrected chi connectivity index (χ4v) is 2.29. The Balaban J connectivity index is 2.22. The van der Waals surface area contributed by atoms with E-state index in [-0.39, 0.29) is 0 Å². The van der Waals surface area contributed by atoms with Crippen molar-refractivity contribution >= 4 is 11.6 Å². The molecule has 4 nitrogen and oxygen atoms in total. The van der Waals surface area contributed by atoms with Gasteiger partial charge in [0.15, 0.2) is 0 Å². The number of halogens is 1. The minimum Gasteiger partial charge on any atom is -0.348 e. The predicted molar refractivity (Wildman–Crippen MR) is 73.9 cm³/mol. The summed E-state index contributed by atoms with van der Waals surface area (Å²) in [7, 11) is 1.95. The third kappa shape index (κ3) is 2.60. The molecule has 0 fully saturated rings. The minimum atomic E-state index is 0.761. The lowest BCUT2D eigenvalue weighted by Gasteiger charge is -2.06. The first-order valence-electron chi connectivity index (χ1n) is 6.16. The number of nitrogens with zero attached hydrogens (tertiary/aromatic N) is 3.